The summed E-state index contributed by atoms with van der Waals surface area (Å²) in [5.74, 6) is 1.74. The van der Waals surface area contributed by atoms with Gasteiger partial charge in [0.1, 0.15) is 12.3 Å². The van der Waals surface area contributed by atoms with Gasteiger partial charge in [-0.2, -0.15) is 0 Å². The number of aromatic nitrogens is 3. The highest BCUT2D eigenvalue weighted by Gasteiger charge is 2.28. The van der Waals surface area contributed by atoms with E-state index in [2.05, 4.69) is 15.3 Å². The molecule has 3 N–H and O–H groups in total. The number of fused-ring (bicyclic) bond motifs is 1. The van der Waals surface area contributed by atoms with Crippen molar-refractivity contribution in [3.8, 4) is 0 Å². The summed E-state index contributed by atoms with van der Waals surface area (Å²) in [6, 6.07) is 5.72. The van der Waals surface area contributed by atoms with Gasteiger partial charge in [-0.05, 0) is 86.4 Å². The molecule has 1 saturated carbocycles. The molecule has 1 amide bonds. The zero-order valence-corrected chi connectivity index (χ0v) is 22.2. The van der Waals surface area contributed by atoms with Gasteiger partial charge >= 0.3 is 0 Å². The number of nitrogens with two attached hydrogens (primary N) is 1. The van der Waals surface area contributed by atoms with E-state index in [-0.39, 0.29) is 5.91 Å². The Hall–Kier alpha value is -3.56. The Kier molecular flexibility index (Phi) is 7.18. The van der Waals surface area contributed by atoms with E-state index in [0.29, 0.717) is 42.0 Å². The van der Waals surface area contributed by atoms with E-state index in [0.717, 1.165) is 48.4 Å². The molecule has 2 aromatic heterocycles. The lowest BCUT2D eigenvalue weighted by molar-refractivity contribution is 0.0374. The number of imidazole rings is 1. The highest BCUT2D eigenvalue weighted by molar-refractivity contribution is 5.96. The van der Waals surface area contributed by atoms with Crippen LogP contribution in [0.1, 0.15) is 47.3 Å². The van der Waals surface area contributed by atoms with Crippen LogP contribution in [0.5, 0.6) is 0 Å². The average Bonchev–Trinajstić information content (AvgIpc) is 3.68. The second-order valence-electron chi connectivity index (χ2n) is 10.9. The van der Waals surface area contributed by atoms with Crippen LogP contribution in [0.25, 0.3) is 11.2 Å². The lowest BCUT2D eigenvalue weighted by Crippen LogP contribution is -2.40. The number of piperidine rings is 1. The third-order valence-electron chi connectivity index (χ3n) is 8.02. The Bertz CT molecular complexity index is 1420. The fourth-order valence-electron chi connectivity index (χ4n) is 5.36. The number of rotatable bonds is 8. The van der Waals surface area contributed by atoms with Crippen molar-refractivity contribution in [2.24, 2.45) is 17.6 Å². The highest BCUT2D eigenvalue weighted by atomic mass is 19.1. The minimum atomic E-state index is -1.20. The molecule has 8 nitrogen and oxygen atoms in total. The molecule has 2 aliphatic carbocycles. The summed E-state index contributed by atoms with van der Waals surface area (Å²) in [7, 11) is 0. The number of nitrogens with one attached hydrogen (secondary N) is 1. The topological polar surface area (TPSA) is 97.8 Å². The molecule has 0 bridgehead atoms. The summed E-state index contributed by atoms with van der Waals surface area (Å²) in [4.78, 5) is 24.1. The molecule has 2 unspecified atom stereocenters. The molecule has 2 atom stereocenters. The van der Waals surface area contributed by atoms with Gasteiger partial charge in [0.25, 0.3) is 5.91 Å². The lowest BCUT2D eigenvalue weighted by Gasteiger charge is -2.31. The predicted molar refractivity (Wildman–Crippen MR) is 150 cm³/mol. The van der Waals surface area contributed by atoms with Crippen LogP contribution < -0.4 is 11.1 Å². The van der Waals surface area contributed by atoms with Crippen LogP contribution in [0.4, 0.5) is 15.9 Å². The minimum absolute atomic E-state index is 0.0628. The molecule has 0 radical (unpaired) electrons. The van der Waals surface area contributed by atoms with Gasteiger partial charge in [-0.3, -0.25) is 9.20 Å². The molecule has 3 aliphatic rings. The predicted octanol–water partition coefficient (Wildman–Crippen LogP) is 4.68. The number of hydrogen-bond acceptors (Lipinski definition) is 6. The quantitative estimate of drug-likeness (QED) is 0.439. The molecule has 0 spiro atoms. The zero-order valence-electron chi connectivity index (χ0n) is 22.2. The van der Waals surface area contributed by atoms with Gasteiger partial charge < -0.3 is 20.7 Å². The largest absolute Gasteiger partial charge is 0.370 e. The number of halogens is 1. The van der Waals surface area contributed by atoms with Crippen LogP contribution in [0, 0.1) is 18.8 Å². The molecule has 39 heavy (non-hydrogen) atoms. The van der Waals surface area contributed by atoms with Gasteiger partial charge in [0, 0.05) is 36.7 Å². The van der Waals surface area contributed by atoms with Crippen molar-refractivity contribution in [1.82, 2.24) is 19.3 Å². The van der Waals surface area contributed by atoms with Crippen molar-refractivity contribution in [3.63, 3.8) is 0 Å². The number of hydrogen-bond donors (Lipinski definition) is 2. The molecule has 2 fully saturated rings. The molecule has 1 aliphatic heterocycles. The van der Waals surface area contributed by atoms with Gasteiger partial charge in [-0.1, -0.05) is 12.2 Å². The summed E-state index contributed by atoms with van der Waals surface area (Å²) in [6.45, 7) is 4.75. The fourth-order valence-corrected chi connectivity index (χ4v) is 5.36. The van der Waals surface area contributed by atoms with E-state index in [4.69, 9.17) is 10.5 Å². The van der Waals surface area contributed by atoms with Gasteiger partial charge in [0.05, 0.1) is 18.5 Å². The third kappa shape index (κ3) is 5.46. The van der Waals surface area contributed by atoms with E-state index < -0.39 is 12.3 Å². The first-order chi connectivity index (χ1) is 19.0. The van der Waals surface area contributed by atoms with E-state index in [1.165, 1.54) is 12.8 Å². The third-order valence-corrected chi connectivity index (χ3v) is 8.02. The molecular weight excluding hydrogens is 495 g/mol. The van der Waals surface area contributed by atoms with E-state index in [1.807, 2.05) is 46.7 Å². The number of carbonyl (C=O) groups is 1. The summed E-state index contributed by atoms with van der Waals surface area (Å²) in [5.41, 5.74) is 10.4. The second-order valence-corrected chi connectivity index (χ2v) is 10.9. The number of nitrogens with zero attached hydrogens (tertiary/aromatic N) is 4. The maximum absolute atomic E-state index is 14.9. The summed E-state index contributed by atoms with van der Waals surface area (Å²) in [6.07, 6.45) is 13.1. The van der Waals surface area contributed by atoms with Crippen molar-refractivity contribution in [3.05, 3.63) is 71.8 Å². The molecule has 6 rings (SSSR count). The number of benzene rings is 1. The summed E-state index contributed by atoms with van der Waals surface area (Å²) >= 11 is 0. The van der Waals surface area contributed by atoms with Crippen molar-refractivity contribution >= 4 is 28.6 Å². The second kappa shape index (κ2) is 10.9. The lowest BCUT2D eigenvalue weighted by atomic mass is 9.96. The standard InChI is InChI=1S/C30H35FN6O2/c1-19-14-23(5-6-24(19)30(38)36-11-8-20(16-32)9-12-36)35-28-29-34-17-26(37(29)13-10-33-28)22-4-7-27(25(31)15-22)39-18-21-2-3-21/h4-7,10,13-15,17,20-21,25,27H,2-3,8-9,11-12,16,18,32H2,1H3,(H,33,35). The van der Waals surface area contributed by atoms with Crippen LogP contribution in [0.15, 0.2) is 55.0 Å². The Morgan fingerprint density at radius 3 is 2.72 bits per heavy atom. The highest BCUT2D eigenvalue weighted by Crippen LogP contribution is 2.32. The number of aryl methyl sites for hydroxylation is 1. The summed E-state index contributed by atoms with van der Waals surface area (Å²) < 4.78 is 22.5. The number of amides is 1. The Labute approximate surface area is 227 Å². The van der Waals surface area contributed by atoms with E-state index in [9.17, 15) is 9.18 Å². The number of anilines is 2. The first-order valence-electron chi connectivity index (χ1n) is 13.9. The minimum Gasteiger partial charge on any atom is -0.370 e. The van der Waals surface area contributed by atoms with Crippen LogP contribution in [-0.2, 0) is 4.74 Å². The molecule has 1 aromatic carbocycles. The normalized spacial score (nSPS) is 21.8. The van der Waals surface area contributed by atoms with Gasteiger partial charge in [-0.25, -0.2) is 14.4 Å². The molecule has 204 valence electrons. The Morgan fingerprint density at radius 2 is 2.00 bits per heavy atom. The first kappa shape index (κ1) is 25.7. The van der Waals surface area contributed by atoms with Crippen LogP contribution in [-0.4, -0.2) is 63.7 Å². The average molecular weight is 531 g/mol. The number of carbonyl (C=O) groups excluding carboxylic acids is 1. The maximum atomic E-state index is 14.9. The number of likely N-dealkylation sites (tertiary alicyclic amines) is 1. The zero-order chi connectivity index (χ0) is 26.9. The maximum Gasteiger partial charge on any atom is 0.254 e. The van der Waals surface area contributed by atoms with Crippen molar-refractivity contribution in [2.75, 3.05) is 31.6 Å². The van der Waals surface area contributed by atoms with E-state index >= 15 is 0 Å². The fraction of sp³-hybridized carbons (Fsp3) is 0.433. The van der Waals surface area contributed by atoms with Crippen molar-refractivity contribution < 1.29 is 13.9 Å². The van der Waals surface area contributed by atoms with Crippen LogP contribution in [0.2, 0.25) is 0 Å². The molecule has 3 aromatic rings. The molecule has 1 saturated heterocycles. The molecule has 9 heteroatoms. The van der Waals surface area contributed by atoms with E-state index in [1.54, 1.807) is 24.5 Å². The van der Waals surface area contributed by atoms with Crippen molar-refractivity contribution in [2.45, 2.75) is 44.9 Å². The SMILES string of the molecule is Cc1cc(Nc2nccn3c(C4=CC(F)C(OCC5CC5)C=C4)cnc23)ccc1C(=O)N1CCC(CN)CC1. The van der Waals surface area contributed by atoms with Crippen LogP contribution >= 0.6 is 0 Å². The number of ether oxygens (including phenoxy) is 1. The Balaban J connectivity index is 1.17. The number of allylic oxidation sites excluding steroid dienone is 2. The van der Waals surface area contributed by atoms with Gasteiger partial charge in [0.2, 0.25) is 0 Å². The monoisotopic (exact) mass is 530 g/mol. The molecular formula is C30H35FN6O2. The van der Waals surface area contributed by atoms with Crippen LogP contribution in [0.3, 0.4) is 0 Å². The van der Waals surface area contributed by atoms with Gasteiger partial charge in [-0.15, -0.1) is 0 Å². The molecule has 3 heterocycles. The van der Waals surface area contributed by atoms with Crippen molar-refractivity contribution in [1.29, 1.82) is 0 Å². The van der Waals surface area contributed by atoms with Gasteiger partial charge in [0.15, 0.2) is 11.5 Å². The summed E-state index contributed by atoms with van der Waals surface area (Å²) in [5, 5.41) is 3.35. The Morgan fingerprint density at radius 1 is 1.18 bits per heavy atom. The smallest absolute Gasteiger partial charge is 0.254 e. The number of alkyl halides is 1. The first-order valence-corrected chi connectivity index (χ1v) is 13.9.